The summed E-state index contributed by atoms with van der Waals surface area (Å²) in [5.74, 6) is -0.461. The summed E-state index contributed by atoms with van der Waals surface area (Å²) in [6.07, 6.45) is 5.57. The molecule has 0 radical (unpaired) electrons. The Kier molecular flexibility index (Phi) is 6.87. The Morgan fingerprint density at radius 3 is 2.87 bits per heavy atom. The number of aliphatic hydroxyl groups is 2. The number of allylic oxidation sites excluding steroid dienone is 1. The number of nitrogens with one attached hydrogen (secondary N) is 1. The number of aliphatic carboxylic acids is 1. The molecule has 2 aliphatic carbocycles. The highest BCUT2D eigenvalue weighted by atomic mass is 16.6. The van der Waals surface area contributed by atoms with E-state index < -0.39 is 5.97 Å². The van der Waals surface area contributed by atoms with E-state index in [9.17, 15) is 15.0 Å². The molecule has 1 fully saturated rings. The van der Waals surface area contributed by atoms with E-state index in [0.717, 1.165) is 50.6 Å². The van der Waals surface area contributed by atoms with Gasteiger partial charge in [0.2, 0.25) is 0 Å². The Hall–Kier alpha value is -1.11. The van der Waals surface area contributed by atoms with E-state index >= 15 is 0 Å². The number of unbranched alkanes of at least 4 members (excludes halogenated alkanes) is 1. The smallest absolute Gasteiger partial charge is 0.305 e. The number of hydroxylamine groups is 1. The van der Waals surface area contributed by atoms with E-state index in [2.05, 4.69) is 12.4 Å². The average Bonchev–Trinajstić information content (AvgIpc) is 2.74. The number of aliphatic hydroxyl groups excluding tert-OH is 2. The molecule has 6 heteroatoms. The van der Waals surface area contributed by atoms with E-state index in [1.165, 1.54) is 5.57 Å². The molecule has 4 unspecified atom stereocenters. The van der Waals surface area contributed by atoms with E-state index in [4.69, 9.17) is 9.94 Å². The maximum atomic E-state index is 10.4. The Balaban J connectivity index is 1.72. The van der Waals surface area contributed by atoms with Gasteiger partial charge in [-0.3, -0.25) is 15.1 Å². The fourth-order valence-corrected chi connectivity index (χ4v) is 3.55. The third-order valence-electron chi connectivity index (χ3n) is 5.01. The zero-order valence-electron chi connectivity index (χ0n) is 13.8. The van der Waals surface area contributed by atoms with Crippen molar-refractivity contribution in [1.82, 2.24) is 5.48 Å². The van der Waals surface area contributed by atoms with Crippen LogP contribution in [0.15, 0.2) is 11.3 Å². The van der Waals surface area contributed by atoms with Gasteiger partial charge in [-0.1, -0.05) is 19.8 Å². The summed E-state index contributed by atoms with van der Waals surface area (Å²) in [6.45, 7) is 2.25. The molecule has 0 bridgehead atoms. The number of carboxylic acid groups (broad SMARTS) is 1. The van der Waals surface area contributed by atoms with Crippen molar-refractivity contribution in [3.8, 4) is 0 Å². The summed E-state index contributed by atoms with van der Waals surface area (Å²) < 4.78 is 0. The monoisotopic (exact) mass is 327 g/mol. The summed E-state index contributed by atoms with van der Waals surface area (Å²) in [4.78, 5) is 15.6. The number of hydrogen-bond donors (Lipinski definition) is 4. The van der Waals surface area contributed by atoms with Gasteiger partial charge < -0.3 is 15.3 Å². The first-order chi connectivity index (χ1) is 11.0. The lowest BCUT2D eigenvalue weighted by atomic mass is 9.83. The van der Waals surface area contributed by atoms with Crippen molar-refractivity contribution in [2.24, 2.45) is 11.8 Å². The van der Waals surface area contributed by atoms with Gasteiger partial charge in [0.05, 0.1) is 25.2 Å². The van der Waals surface area contributed by atoms with Gasteiger partial charge >= 0.3 is 5.97 Å². The third kappa shape index (κ3) is 4.93. The molecule has 0 amide bonds. The molecule has 132 valence electrons. The molecule has 0 aromatic heterocycles. The topological polar surface area (TPSA) is 99.0 Å². The largest absolute Gasteiger partial charge is 0.481 e. The van der Waals surface area contributed by atoms with Crippen LogP contribution in [0.25, 0.3) is 0 Å². The van der Waals surface area contributed by atoms with Gasteiger partial charge in [0.25, 0.3) is 0 Å². The molecule has 4 atom stereocenters. The molecule has 2 rings (SSSR count). The summed E-state index contributed by atoms with van der Waals surface area (Å²) >= 11 is 0. The van der Waals surface area contributed by atoms with Gasteiger partial charge in [0.1, 0.15) is 0 Å². The van der Waals surface area contributed by atoms with Crippen LogP contribution in [0.1, 0.15) is 58.3 Å². The average molecular weight is 327 g/mol. The van der Waals surface area contributed by atoms with Gasteiger partial charge in [-0.25, -0.2) is 0 Å². The van der Waals surface area contributed by atoms with Crippen LogP contribution < -0.4 is 5.48 Å². The first-order valence-electron chi connectivity index (χ1n) is 8.70. The molecule has 4 N–H and O–H groups in total. The van der Waals surface area contributed by atoms with E-state index in [1.54, 1.807) is 0 Å². The van der Waals surface area contributed by atoms with Gasteiger partial charge in [-0.15, -0.1) is 0 Å². The second kappa shape index (κ2) is 8.66. The van der Waals surface area contributed by atoms with Crippen LogP contribution in [0.2, 0.25) is 0 Å². The van der Waals surface area contributed by atoms with E-state index in [0.29, 0.717) is 0 Å². The first-order valence-corrected chi connectivity index (χ1v) is 8.70. The van der Waals surface area contributed by atoms with Crippen LogP contribution in [-0.2, 0) is 9.63 Å². The molecule has 1 saturated carbocycles. The van der Waals surface area contributed by atoms with Crippen molar-refractivity contribution in [2.45, 2.75) is 70.5 Å². The minimum absolute atomic E-state index is 0.0278. The molecule has 2 aliphatic rings. The maximum Gasteiger partial charge on any atom is 0.305 e. The summed E-state index contributed by atoms with van der Waals surface area (Å²) in [7, 11) is 0. The van der Waals surface area contributed by atoms with Crippen LogP contribution in [-0.4, -0.2) is 40.1 Å². The highest BCUT2D eigenvalue weighted by Gasteiger charge is 2.45. The molecule has 23 heavy (non-hydrogen) atoms. The van der Waals surface area contributed by atoms with Gasteiger partial charge in [-0.05, 0) is 43.6 Å². The Morgan fingerprint density at radius 1 is 1.39 bits per heavy atom. The highest BCUT2D eigenvalue weighted by molar-refractivity contribution is 5.66. The number of carbonyl (C=O) groups is 1. The van der Waals surface area contributed by atoms with Crippen molar-refractivity contribution in [3.05, 3.63) is 11.3 Å². The van der Waals surface area contributed by atoms with Crippen LogP contribution in [0.4, 0.5) is 0 Å². The SMILES string of the molecule is CCCCC(O)CCC1CC2=C(NOCCC(=O)O)CC2C1O. The fraction of sp³-hybridized carbons (Fsp3) is 0.824. The number of rotatable bonds is 11. The lowest BCUT2D eigenvalue weighted by Crippen LogP contribution is -2.32. The quantitative estimate of drug-likeness (QED) is 0.342. The predicted octanol–water partition coefficient (Wildman–Crippen LogP) is 1.97. The summed E-state index contributed by atoms with van der Waals surface area (Å²) in [5.41, 5.74) is 5.04. The van der Waals surface area contributed by atoms with Gasteiger partial charge in [0, 0.05) is 11.6 Å². The van der Waals surface area contributed by atoms with Crippen LogP contribution in [0, 0.1) is 11.8 Å². The predicted molar refractivity (Wildman–Crippen MR) is 85.4 cm³/mol. The molecular formula is C17H29NO5. The van der Waals surface area contributed by atoms with Crippen molar-refractivity contribution in [1.29, 1.82) is 0 Å². The van der Waals surface area contributed by atoms with Crippen molar-refractivity contribution >= 4 is 5.97 Å². The van der Waals surface area contributed by atoms with Crippen LogP contribution >= 0.6 is 0 Å². The summed E-state index contributed by atoms with van der Waals surface area (Å²) in [5, 5.41) is 28.9. The zero-order valence-corrected chi connectivity index (χ0v) is 13.8. The van der Waals surface area contributed by atoms with Crippen LogP contribution in [0.5, 0.6) is 0 Å². The minimum atomic E-state index is -0.881. The summed E-state index contributed by atoms with van der Waals surface area (Å²) in [6, 6.07) is 0. The minimum Gasteiger partial charge on any atom is -0.481 e. The second-order valence-corrected chi connectivity index (χ2v) is 6.74. The van der Waals surface area contributed by atoms with Gasteiger partial charge in [0.15, 0.2) is 0 Å². The van der Waals surface area contributed by atoms with Gasteiger partial charge in [-0.2, -0.15) is 0 Å². The van der Waals surface area contributed by atoms with Crippen molar-refractivity contribution in [3.63, 3.8) is 0 Å². The molecule has 6 nitrogen and oxygen atoms in total. The second-order valence-electron chi connectivity index (χ2n) is 6.74. The first kappa shape index (κ1) is 18.2. The third-order valence-corrected chi connectivity index (χ3v) is 5.01. The Bertz CT molecular complexity index is 437. The number of hydrogen-bond acceptors (Lipinski definition) is 5. The highest BCUT2D eigenvalue weighted by Crippen LogP contribution is 2.49. The molecule has 0 aromatic rings. The normalized spacial score (nSPS) is 27.5. The molecule has 0 saturated heterocycles. The number of carboxylic acids is 1. The molecule has 0 aromatic carbocycles. The lowest BCUT2D eigenvalue weighted by molar-refractivity contribution is -0.138. The number of fused-ring (bicyclic) bond motifs is 1. The Labute approximate surface area is 137 Å². The molecule has 0 spiro atoms. The fourth-order valence-electron chi connectivity index (χ4n) is 3.55. The van der Waals surface area contributed by atoms with E-state index in [1.807, 2.05) is 0 Å². The molecule has 0 heterocycles. The van der Waals surface area contributed by atoms with Crippen LogP contribution in [0.3, 0.4) is 0 Å². The van der Waals surface area contributed by atoms with E-state index in [-0.39, 0.29) is 37.1 Å². The molecule has 0 aliphatic heterocycles. The lowest BCUT2D eigenvalue weighted by Gasteiger charge is -2.30. The Morgan fingerprint density at radius 2 is 2.17 bits per heavy atom. The maximum absolute atomic E-state index is 10.4. The zero-order chi connectivity index (χ0) is 16.8. The standard InChI is InChI=1S/C17H29NO5/c1-2-3-4-12(19)6-5-11-9-13-14(17(11)22)10-15(13)18-23-8-7-16(20)21/h11-12,14,17-19,22H,2-10H2,1H3,(H,20,21). The molecular weight excluding hydrogens is 298 g/mol. The van der Waals surface area contributed by atoms with Crippen molar-refractivity contribution < 1.29 is 25.0 Å². The van der Waals surface area contributed by atoms with Crippen molar-refractivity contribution in [2.75, 3.05) is 6.61 Å².